The number of hydrogen-bond donors (Lipinski definition) is 0. The van der Waals surface area contributed by atoms with E-state index < -0.39 is 0 Å². The maximum Gasteiger partial charge on any atom is 0.150 e. The lowest BCUT2D eigenvalue weighted by atomic mass is 10.2. The Bertz CT molecular complexity index is 486. The van der Waals surface area contributed by atoms with Gasteiger partial charge in [0.1, 0.15) is 11.8 Å². The zero-order valence-corrected chi connectivity index (χ0v) is 8.11. The summed E-state index contributed by atoms with van der Waals surface area (Å²) in [5, 5.41) is 8.86. The molecule has 0 radical (unpaired) electrons. The first-order valence-electron chi connectivity index (χ1n) is 4.34. The second kappa shape index (κ2) is 3.08. The van der Waals surface area contributed by atoms with Gasteiger partial charge < -0.3 is 8.98 Å². The van der Waals surface area contributed by atoms with Gasteiger partial charge in [-0.25, -0.2) is 0 Å². The summed E-state index contributed by atoms with van der Waals surface area (Å²) < 4.78 is 7.24. The van der Waals surface area contributed by atoms with Crippen molar-refractivity contribution in [2.75, 3.05) is 0 Å². The predicted molar refractivity (Wildman–Crippen MR) is 52.6 cm³/mol. The van der Waals surface area contributed by atoms with Crippen molar-refractivity contribution in [1.82, 2.24) is 4.57 Å². The molecule has 0 amide bonds. The SMILES string of the molecule is Cc1c(C#N)cc(-c2ccco2)n1C. The third-order valence-electron chi connectivity index (χ3n) is 2.43. The minimum atomic E-state index is 0.693. The molecule has 0 fully saturated rings. The molecule has 0 N–H and O–H groups in total. The number of rotatable bonds is 1. The van der Waals surface area contributed by atoms with Crippen LogP contribution in [0.5, 0.6) is 0 Å². The minimum absolute atomic E-state index is 0.693. The quantitative estimate of drug-likeness (QED) is 0.686. The highest BCUT2D eigenvalue weighted by molar-refractivity contribution is 5.58. The first-order chi connectivity index (χ1) is 6.74. The van der Waals surface area contributed by atoms with Crippen molar-refractivity contribution in [2.45, 2.75) is 6.92 Å². The van der Waals surface area contributed by atoms with Crippen LogP contribution in [-0.2, 0) is 7.05 Å². The largest absolute Gasteiger partial charge is 0.463 e. The minimum Gasteiger partial charge on any atom is -0.463 e. The molecule has 0 aliphatic carbocycles. The van der Waals surface area contributed by atoms with Crippen molar-refractivity contribution < 1.29 is 4.42 Å². The Kier molecular flexibility index (Phi) is 1.90. The summed E-state index contributed by atoms with van der Waals surface area (Å²) in [7, 11) is 1.92. The lowest BCUT2D eigenvalue weighted by Gasteiger charge is -2.00. The van der Waals surface area contributed by atoms with Gasteiger partial charge in [-0.1, -0.05) is 0 Å². The van der Waals surface area contributed by atoms with Gasteiger partial charge in [-0.15, -0.1) is 0 Å². The van der Waals surface area contributed by atoms with Crippen molar-refractivity contribution in [2.24, 2.45) is 7.05 Å². The van der Waals surface area contributed by atoms with E-state index in [2.05, 4.69) is 6.07 Å². The van der Waals surface area contributed by atoms with Crippen molar-refractivity contribution >= 4 is 0 Å². The number of aromatic nitrogens is 1. The summed E-state index contributed by atoms with van der Waals surface area (Å²) in [6, 6.07) is 7.72. The van der Waals surface area contributed by atoms with Crippen molar-refractivity contribution in [1.29, 1.82) is 5.26 Å². The summed E-state index contributed by atoms with van der Waals surface area (Å²) in [6.45, 7) is 1.92. The third kappa shape index (κ3) is 1.12. The standard InChI is InChI=1S/C11H10N2O/c1-8-9(7-12)6-10(13(8)2)11-4-3-5-14-11/h3-6H,1-2H3. The van der Waals surface area contributed by atoms with E-state index in [0.717, 1.165) is 17.1 Å². The van der Waals surface area contributed by atoms with E-state index in [1.54, 1.807) is 6.26 Å². The second-order valence-electron chi connectivity index (χ2n) is 3.18. The first kappa shape index (κ1) is 8.64. The van der Waals surface area contributed by atoms with Crippen LogP contribution in [0.25, 0.3) is 11.5 Å². The highest BCUT2D eigenvalue weighted by Crippen LogP contribution is 2.24. The van der Waals surface area contributed by atoms with E-state index in [0.29, 0.717) is 5.56 Å². The first-order valence-corrected chi connectivity index (χ1v) is 4.34. The van der Waals surface area contributed by atoms with Gasteiger partial charge in [0.2, 0.25) is 0 Å². The molecule has 0 saturated heterocycles. The van der Waals surface area contributed by atoms with Crippen LogP contribution in [0.1, 0.15) is 11.3 Å². The Morgan fingerprint density at radius 1 is 1.50 bits per heavy atom. The maximum atomic E-state index is 8.86. The Labute approximate surface area is 82.2 Å². The van der Waals surface area contributed by atoms with Crippen LogP contribution in [-0.4, -0.2) is 4.57 Å². The average Bonchev–Trinajstić information content (AvgIpc) is 2.78. The second-order valence-corrected chi connectivity index (χ2v) is 3.18. The lowest BCUT2D eigenvalue weighted by molar-refractivity contribution is 0.576. The van der Waals surface area contributed by atoms with Crippen molar-refractivity contribution in [3.8, 4) is 17.5 Å². The van der Waals surface area contributed by atoms with Crippen molar-refractivity contribution in [3.63, 3.8) is 0 Å². The van der Waals surface area contributed by atoms with E-state index in [1.807, 2.05) is 36.7 Å². The zero-order chi connectivity index (χ0) is 10.1. The Balaban J connectivity index is 2.62. The van der Waals surface area contributed by atoms with Gasteiger partial charge in [-0.3, -0.25) is 0 Å². The van der Waals surface area contributed by atoms with Gasteiger partial charge in [-0.05, 0) is 25.1 Å². The molecule has 3 nitrogen and oxygen atoms in total. The highest BCUT2D eigenvalue weighted by Gasteiger charge is 2.11. The van der Waals surface area contributed by atoms with Gasteiger partial charge in [0, 0.05) is 12.7 Å². The molecule has 0 atom stereocenters. The topological polar surface area (TPSA) is 41.9 Å². The van der Waals surface area contributed by atoms with Crippen LogP contribution >= 0.6 is 0 Å². The van der Waals surface area contributed by atoms with Crippen LogP contribution in [0, 0.1) is 18.3 Å². The number of furan rings is 1. The van der Waals surface area contributed by atoms with E-state index in [4.69, 9.17) is 9.68 Å². The Morgan fingerprint density at radius 2 is 2.29 bits per heavy atom. The molecule has 70 valence electrons. The van der Waals surface area contributed by atoms with E-state index in [-0.39, 0.29) is 0 Å². The molecule has 0 bridgehead atoms. The van der Waals surface area contributed by atoms with Crippen LogP contribution in [0.4, 0.5) is 0 Å². The van der Waals surface area contributed by atoms with Crippen LogP contribution in [0.2, 0.25) is 0 Å². The summed E-state index contributed by atoms with van der Waals surface area (Å²) in [5.74, 6) is 0.789. The fraction of sp³-hybridized carbons (Fsp3) is 0.182. The third-order valence-corrected chi connectivity index (χ3v) is 2.43. The summed E-state index contributed by atoms with van der Waals surface area (Å²) in [6.07, 6.45) is 1.63. The fourth-order valence-corrected chi connectivity index (χ4v) is 1.47. The maximum absolute atomic E-state index is 8.86. The number of hydrogen-bond acceptors (Lipinski definition) is 2. The smallest absolute Gasteiger partial charge is 0.150 e. The van der Waals surface area contributed by atoms with Crippen LogP contribution < -0.4 is 0 Å². The van der Waals surface area contributed by atoms with Gasteiger partial charge >= 0.3 is 0 Å². The van der Waals surface area contributed by atoms with Gasteiger partial charge in [0.05, 0.1) is 17.5 Å². The van der Waals surface area contributed by atoms with E-state index in [9.17, 15) is 0 Å². The molecule has 0 aliphatic heterocycles. The Morgan fingerprint density at radius 3 is 2.79 bits per heavy atom. The lowest BCUT2D eigenvalue weighted by Crippen LogP contribution is -1.93. The average molecular weight is 186 g/mol. The van der Waals surface area contributed by atoms with Gasteiger partial charge in [0.15, 0.2) is 0 Å². The molecular formula is C11H10N2O. The van der Waals surface area contributed by atoms with E-state index >= 15 is 0 Å². The summed E-state index contributed by atoms with van der Waals surface area (Å²) in [5.41, 5.74) is 2.59. The molecule has 0 aliphatic rings. The zero-order valence-electron chi connectivity index (χ0n) is 8.11. The van der Waals surface area contributed by atoms with Gasteiger partial charge in [-0.2, -0.15) is 5.26 Å². The highest BCUT2D eigenvalue weighted by atomic mass is 16.3. The van der Waals surface area contributed by atoms with Crippen LogP contribution in [0.3, 0.4) is 0 Å². The fourth-order valence-electron chi connectivity index (χ4n) is 1.47. The molecule has 2 heterocycles. The number of nitriles is 1. The van der Waals surface area contributed by atoms with Crippen molar-refractivity contribution in [3.05, 3.63) is 35.7 Å². The molecule has 14 heavy (non-hydrogen) atoms. The molecule has 2 aromatic heterocycles. The molecule has 2 rings (SSSR count). The van der Waals surface area contributed by atoms with E-state index in [1.165, 1.54) is 0 Å². The molecule has 0 aromatic carbocycles. The number of nitrogens with zero attached hydrogens (tertiary/aromatic N) is 2. The molecule has 2 aromatic rings. The monoisotopic (exact) mass is 186 g/mol. The molecular weight excluding hydrogens is 176 g/mol. The molecule has 0 unspecified atom stereocenters. The summed E-state index contributed by atoms with van der Waals surface area (Å²) in [4.78, 5) is 0. The normalized spacial score (nSPS) is 10.1. The predicted octanol–water partition coefficient (Wildman–Crippen LogP) is 2.47. The molecule has 0 spiro atoms. The molecule has 3 heteroatoms. The summed E-state index contributed by atoms with van der Waals surface area (Å²) >= 11 is 0. The Hall–Kier alpha value is -1.95. The van der Waals surface area contributed by atoms with Gasteiger partial charge in [0.25, 0.3) is 0 Å². The molecule has 0 saturated carbocycles. The van der Waals surface area contributed by atoms with Crippen LogP contribution in [0.15, 0.2) is 28.9 Å².